The smallest absolute Gasteiger partial charge is 0.405 e. The van der Waals surface area contributed by atoms with Crippen molar-refractivity contribution < 1.29 is 42.9 Å². The monoisotopic (exact) mass is 611 g/mol. The van der Waals surface area contributed by atoms with Gasteiger partial charge in [0, 0.05) is 18.0 Å². The van der Waals surface area contributed by atoms with E-state index in [1.54, 1.807) is 25.7 Å². The van der Waals surface area contributed by atoms with Gasteiger partial charge in [-0.25, -0.2) is 4.79 Å². The fraction of sp³-hybridized carbons (Fsp3) is 0.690. The van der Waals surface area contributed by atoms with Gasteiger partial charge in [-0.1, -0.05) is 57.2 Å². The van der Waals surface area contributed by atoms with Crippen molar-refractivity contribution in [1.82, 2.24) is 15.5 Å². The molecule has 0 spiro atoms. The number of para-hydroxylation sites is 1. The van der Waals surface area contributed by atoms with Crippen LogP contribution in [0.25, 0.3) is 0 Å². The maximum absolute atomic E-state index is 13.6. The second kappa shape index (κ2) is 16.3. The lowest BCUT2D eigenvalue weighted by molar-refractivity contribution is -0.137. The lowest BCUT2D eigenvalue weighted by Crippen LogP contribution is -2.54. The van der Waals surface area contributed by atoms with E-state index in [9.17, 15) is 29.2 Å². The first-order chi connectivity index (χ1) is 20.1. The number of carboxylic acid groups (broad SMARTS) is 1. The van der Waals surface area contributed by atoms with E-state index in [4.69, 9.17) is 13.8 Å². The molecule has 0 aromatic heterocycles. The van der Waals surface area contributed by atoms with Crippen LogP contribution in [0.5, 0.6) is 5.75 Å². The van der Waals surface area contributed by atoms with Gasteiger partial charge in [0.25, 0.3) is 0 Å². The molecule has 1 aromatic rings. The largest absolute Gasteiger partial charge is 0.491 e. The number of carbonyl (C=O) groups excluding carboxylic acids is 2. The Morgan fingerprint density at radius 3 is 2.40 bits per heavy atom. The molecule has 1 saturated carbocycles. The molecule has 1 aromatic carbocycles. The summed E-state index contributed by atoms with van der Waals surface area (Å²) in [5.41, 5.74) is 0.864. The minimum Gasteiger partial charge on any atom is -0.491 e. The number of nitrogens with zero attached hydrogens (tertiary/aromatic N) is 1. The quantitative estimate of drug-likeness (QED) is 0.227. The van der Waals surface area contributed by atoms with E-state index in [0.29, 0.717) is 31.9 Å². The van der Waals surface area contributed by atoms with E-state index in [0.717, 1.165) is 37.7 Å². The number of hydrogen-bond acceptors (Lipinski definition) is 8. The molecule has 4 unspecified atom stereocenters. The lowest BCUT2D eigenvalue weighted by atomic mass is 9.84. The van der Waals surface area contributed by atoms with Crippen LogP contribution < -0.4 is 15.4 Å². The van der Waals surface area contributed by atoms with E-state index in [2.05, 4.69) is 10.6 Å². The number of fused-ring (bicyclic) bond motifs is 1. The van der Waals surface area contributed by atoms with Crippen LogP contribution >= 0.6 is 7.60 Å². The van der Waals surface area contributed by atoms with Gasteiger partial charge in [-0.05, 0) is 38.7 Å². The Morgan fingerprint density at radius 1 is 1.10 bits per heavy atom. The summed E-state index contributed by atoms with van der Waals surface area (Å²) in [4.78, 5) is 40.4. The Morgan fingerprint density at radius 2 is 1.76 bits per heavy atom. The number of ether oxygens (including phenoxy) is 1. The summed E-state index contributed by atoms with van der Waals surface area (Å²) in [6.45, 7) is 5.85. The molecule has 0 bridgehead atoms. The minimum atomic E-state index is -4.13. The van der Waals surface area contributed by atoms with Gasteiger partial charge in [-0.3, -0.25) is 14.2 Å². The molecular formula is C29H46N3O9P. The molecule has 1 aliphatic carbocycles. The Hall–Kier alpha value is -2.66. The summed E-state index contributed by atoms with van der Waals surface area (Å²) in [6.07, 6.45) is 3.82. The molecule has 0 radical (unpaired) electrons. The molecule has 12 nitrogen and oxygen atoms in total. The Balaban J connectivity index is 1.82. The van der Waals surface area contributed by atoms with E-state index in [-0.39, 0.29) is 31.5 Å². The number of aliphatic hydroxyl groups is 1. The van der Waals surface area contributed by atoms with Crippen molar-refractivity contribution >= 4 is 25.5 Å². The van der Waals surface area contributed by atoms with Gasteiger partial charge in [0.2, 0.25) is 11.8 Å². The molecule has 1 aliphatic heterocycles. The zero-order valence-electron chi connectivity index (χ0n) is 24.8. The fourth-order valence-electron chi connectivity index (χ4n) is 5.75. The number of hydrogen-bond donors (Lipinski definition) is 4. The van der Waals surface area contributed by atoms with Crippen molar-refractivity contribution in [3.05, 3.63) is 29.8 Å². The third-order valence-electron chi connectivity index (χ3n) is 7.83. The van der Waals surface area contributed by atoms with Crippen molar-refractivity contribution in [2.24, 2.45) is 11.8 Å². The normalized spacial score (nSPS) is 18.9. The van der Waals surface area contributed by atoms with Crippen molar-refractivity contribution in [1.29, 1.82) is 0 Å². The zero-order valence-corrected chi connectivity index (χ0v) is 25.7. The molecular weight excluding hydrogens is 565 g/mol. The Kier molecular flexibility index (Phi) is 13.1. The fourth-order valence-corrected chi connectivity index (χ4v) is 7.49. The van der Waals surface area contributed by atoms with Crippen molar-refractivity contribution in [2.45, 2.75) is 90.2 Å². The summed E-state index contributed by atoms with van der Waals surface area (Å²) in [6, 6.07) is 5.17. The van der Waals surface area contributed by atoms with Crippen LogP contribution in [0.4, 0.5) is 4.79 Å². The molecule has 3 rings (SSSR count). The molecule has 2 aliphatic rings. The van der Waals surface area contributed by atoms with E-state index >= 15 is 0 Å². The Labute approximate surface area is 248 Å². The summed E-state index contributed by atoms with van der Waals surface area (Å²) in [5, 5.41) is 25.8. The van der Waals surface area contributed by atoms with Crippen molar-refractivity contribution in [3.63, 3.8) is 0 Å². The number of carbonyl (C=O) groups is 3. The Bertz CT molecular complexity index is 1090. The second-order valence-electron chi connectivity index (χ2n) is 11.0. The highest BCUT2D eigenvalue weighted by molar-refractivity contribution is 7.54. The first-order valence-corrected chi connectivity index (χ1v) is 16.5. The average molecular weight is 612 g/mol. The molecule has 4 atom stereocenters. The number of rotatable bonds is 14. The van der Waals surface area contributed by atoms with E-state index in [1.165, 1.54) is 0 Å². The zero-order chi connectivity index (χ0) is 30.7. The van der Waals surface area contributed by atoms with Gasteiger partial charge < -0.3 is 39.5 Å². The number of nitrogens with one attached hydrogen (secondary N) is 2. The predicted octanol–water partition coefficient (Wildman–Crippen LogP) is 4.11. The molecule has 3 amide bonds. The van der Waals surface area contributed by atoms with Gasteiger partial charge in [0.15, 0.2) is 5.85 Å². The van der Waals surface area contributed by atoms with Gasteiger partial charge in [0.1, 0.15) is 18.4 Å². The standard InChI is InChI=1S/C29H46N3O9P/c1-4-40-42(38,41-5-2)28(35)24(30-26(33)23(31-29(36)37)18-21-11-7-6-8-12-21)17-20(3)27(34)32-15-16-39-25-14-10-9-13-22(25)19-32/h9-10,13-14,20-21,23-24,28,31,35H,4-8,11-12,15-19H2,1-3H3,(H,30,33)(H,36,37). The predicted molar refractivity (Wildman–Crippen MR) is 156 cm³/mol. The van der Waals surface area contributed by atoms with Gasteiger partial charge >= 0.3 is 13.7 Å². The van der Waals surface area contributed by atoms with E-state index < -0.39 is 43.4 Å². The summed E-state index contributed by atoms with van der Waals surface area (Å²) in [5.74, 6) is -2.50. The number of amides is 3. The summed E-state index contributed by atoms with van der Waals surface area (Å²) >= 11 is 0. The van der Waals surface area contributed by atoms with Gasteiger partial charge in [-0.2, -0.15) is 0 Å². The highest BCUT2D eigenvalue weighted by atomic mass is 31.2. The van der Waals surface area contributed by atoms with Gasteiger partial charge in [-0.15, -0.1) is 0 Å². The van der Waals surface area contributed by atoms with Crippen LogP contribution in [-0.4, -0.2) is 77.3 Å². The number of aliphatic hydroxyl groups excluding tert-OH is 1. The third kappa shape index (κ3) is 9.42. The maximum atomic E-state index is 13.6. The second-order valence-corrected chi connectivity index (χ2v) is 13.1. The van der Waals surface area contributed by atoms with Crippen LogP contribution in [0.15, 0.2) is 24.3 Å². The molecule has 236 valence electrons. The van der Waals surface area contributed by atoms with Crippen LogP contribution in [0.1, 0.15) is 71.3 Å². The molecule has 1 heterocycles. The third-order valence-corrected chi connectivity index (χ3v) is 10.1. The van der Waals surface area contributed by atoms with Crippen LogP contribution in [0.2, 0.25) is 0 Å². The molecule has 4 N–H and O–H groups in total. The van der Waals surface area contributed by atoms with E-state index in [1.807, 2.05) is 24.3 Å². The first kappa shape index (κ1) is 33.8. The lowest BCUT2D eigenvalue weighted by Gasteiger charge is -2.33. The molecule has 1 fully saturated rings. The molecule has 0 saturated heterocycles. The average Bonchev–Trinajstić information content (AvgIpc) is 3.19. The van der Waals surface area contributed by atoms with Crippen LogP contribution in [0.3, 0.4) is 0 Å². The highest BCUT2D eigenvalue weighted by Gasteiger charge is 2.43. The first-order valence-electron chi connectivity index (χ1n) is 14.9. The van der Waals surface area contributed by atoms with Crippen molar-refractivity contribution in [2.75, 3.05) is 26.4 Å². The maximum Gasteiger partial charge on any atom is 0.405 e. The van der Waals surface area contributed by atoms with Crippen molar-refractivity contribution in [3.8, 4) is 5.75 Å². The van der Waals surface area contributed by atoms with Gasteiger partial charge in [0.05, 0.1) is 25.8 Å². The summed E-state index contributed by atoms with van der Waals surface area (Å²) in [7, 11) is -4.13. The SMILES string of the molecule is CCOP(=O)(OCC)C(O)C(CC(C)C(=O)N1CCOc2ccccc2C1)NC(=O)C(CC1CCCCC1)NC(=O)O. The number of benzene rings is 1. The highest BCUT2D eigenvalue weighted by Crippen LogP contribution is 2.53. The molecule has 42 heavy (non-hydrogen) atoms. The topological polar surface area (TPSA) is 164 Å². The van der Waals surface area contributed by atoms with Crippen LogP contribution in [0, 0.1) is 11.8 Å². The molecule has 13 heteroatoms. The summed E-state index contributed by atoms with van der Waals surface area (Å²) < 4.78 is 30.1. The van der Waals surface area contributed by atoms with Crippen LogP contribution in [-0.2, 0) is 29.7 Å². The minimum absolute atomic E-state index is 0.0124.